The van der Waals surface area contributed by atoms with Crippen LogP contribution in [0.25, 0.3) is 28.5 Å². The first-order valence-electron chi connectivity index (χ1n) is 8.27. The van der Waals surface area contributed by atoms with Crippen molar-refractivity contribution in [1.29, 1.82) is 0 Å². The molecule has 0 saturated heterocycles. The van der Waals surface area contributed by atoms with Crippen LogP contribution in [0.2, 0.25) is 0 Å². The number of aryl methyl sites for hydroxylation is 1. The molecular formula is C22H17NO4. The molecule has 1 heterocycles. The standard InChI is InChI=1S/C22H17NO4/c1-14-22(27)19(13-24)18(10-11-20(25)26)21(23-14)17-9-5-8-16(12-17)15-6-3-2-4-7-15/h2-13,27H,1H3,(H,25,26)/b11-10+. The van der Waals surface area contributed by atoms with Gasteiger partial charge in [-0.15, -0.1) is 0 Å². The number of aldehydes is 1. The van der Waals surface area contributed by atoms with Crippen LogP contribution in [0.5, 0.6) is 5.75 Å². The molecular weight excluding hydrogens is 342 g/mol. The van der Waals surface area contributed by atoms with E-state index in [0.717, 1.165) is 17.2 Å². The van der Waals surface area contributed by atoms with E-state index in [1.54, 1.807) is 6.92 Å². The molecule has 2 N–H and O–H groups in total. The van der Waals surface area contributed by atoms with Gasteiger partial charge in [-0.1, -0.05) is 48.5 Å². The Labute approximate surface area is 156 Å². The molecule has 3 rings (SSSR count). The SMILES string of the molecule is Cc1nc(-c2cccc(-c3ccccc3)c2)c(/C=C/C(=O)O)c(C=O)c1O. The quantitative estimate of drug-likeness (QED) is 0.523. The molecule has 5 heteroatoms. The summed E-state index contributed by atoms with van der Waals surface area (Å²) >= 11 is 0. The molecule has 27 heavy (non-hydrogen) atoms. The molecule has 0 fully saturated rings. The van der Waals surface area contributed by atoms with E-state index >= 15 is 0 Å². The Morgan fingerprint density at radius 3 is 2.30 bits per heavy atom. The zero-order valence-corrected chi connectivity index (χ0v) is 14.6. The lowest BCUT2D eigenvalue weighted by atomic mass is 9.96. The van der Waals surface area contributed by atoms with Crippen LogP contribution in [0, 0.1) is 6.92 Å². The largest absolute Gasteiger partial charge is 0.505 e. The summed E-state index contributed by atoms with van der Waals surface area (Å²) in [6, 6.07) is 17.4. The van der Waals surface area contributed by atoms with E-state index in [1.165, 1.54) is 6.08 Å². The zero-order chi connectivity index (χ0) is 19.4. The van der Waals surface area contributed by atoms with Crippen molar-refractivity contribution in [2.45, 2.75) is 6.92 Å². The van der Waals surface area contributed by atoms with Gasteiger partial charge in [-0.25, -0.2) is 9.78 Å². The summed E-state index contributed by atoms with van der Waals surface area (Å²) in [6.45, 7) is 1.59. The molecule has 0 aliphatic heterocycles. The minimum Gasteiger partial charge on any atom is -0.505 e. The van der Waals surface area contributed by atoms with Crippen molar-refractivity contribution in [2.24, 2.45) is 0 Å². The van der Waals surface area contributed by atoms with Crippen LogP contribution in [0.4, 0.5) is 0 Å². The highest BCUT2D eigenvalue weighted by Crippen LogP contribution is 2.33. The summed E-state index contributed by atoms with van der Waals surface area (Å²) in [5.74, 6) is -1.41. The van der Waals surface area contributed by atoms with Crippen molar-refractivity contribution in [3.8, 4) is 28.1 Å². The third kappa shape index (κ3) is 3.77. The van der Waals surface area contributed by atoms with Crippen LogP contribution in [0.1, 0.15) is 21.6 Å². The second-order valence-corrected chi connectivity index (χ2v) is 5.96. The van der Waals surface area contributed by atoms with E-state index in [9.17, 15) is 14.7 Å². The summed E-state index contributed by atoms with van der Waals surface area (Å²) in [5, 5.41) is 19.1. The highest BCUT2D eigenvalue weighted by Gasteiger charge is 2.17. The van der Waals surface area contributed by atoms with Crippen molar-refractivity contribution in [2.75, 3.05) is 0 Å². The maximum atomic E-state index is 11.5. The fourth-order valence-corrected chi connectivity index (χ4v) is 2.87. The number of aromatic hydroxyl groups is 1. The van der Waals surface area contributed by atoms with Gasteiger partial charge in [-0.2, -0.15) is 0 Å². The summed E-state index contributed by atoms with van der Waals surface area (Å²) in [7, 11) is 0. The Morgan fingerprint density at radius 1 is 0.963 bits per heavy atom. The van der Waals surface area contributed by atoms with Crippen LogP contribution >= 0.6 is 0 Å². The molecule has 0 amide bonds. The van der Waals surface area contributed by atoms with Crippen LogP contribution in [0.3, 0.4) is 0 Å². The molecule has 0 atom stereocenters. The maximum absolute atomic E-state index is 11.5. The molecule has 3 aromatic rings. The highest BCUT2D eigenvalue weighted by molar-refractivity contribution is 5.95. The van der Waals surface area contributed by atoms with Crippen molar-refractivity contribution in [1.82, 2.24) is 4.98 Å². The average Bonchev–Trinajstić information content (AvgIpc) is 2.69. The molecule has 0 aliphatic rings. The number of rotatable bonds is 5. The minimum atomic E-state index is -1.16. The average molecular weight is 359 g/mol. The van der Waals surface area contributed by atoms with E-state index in [1.807, 2.05) is 54.6 Å². The lowest BCUT2D eigenvalue weighted by Gasteiger charge is -2.13. The van der Waals surface area contributed by atoms with Gasteiger partial charge in [-0.3, -0.25) is 4.79 Å². The van der Waals surface area contributed by atoms with Crippen LogP contribution in [0.15, 0.2) is 60.7 Å². The van der Waals surface area contributed by atoms with E-state index in [4.69, 9.17) is 5.11 Å². The minimum absolute atomic E-state index is 0.0140. The van der Waals surface area contributed by atoms with Crippen molar-refractivity contribution < 1.29 is 19.8 Å². The molecule has 5 nitrogen and oxygen atoms in total. The van der Waals surface area contributed by atoms with Crippen LogP contribution in [-0.4, -0.2) is 27.5 Å². The van der Waals surface area contributed by atoms with Gasteiger partial charge in [0.2, 0.25) is 0 Å². The Kier molecular flexibility index (Phi) is 5.13. The number of aliphatic carboxylic acids is 1. The Bertz CT molecular complexity index is 1040. The van der Waals surface area contributed by atoms with E-state index < -0.39 is 5.97 Å². The number of carbonyl (C=O) groups is 2. The molecule has 0 spiro atoms. The fourth-order valence-electron chi connectivity index (χ4n) is 2.87. The first kappa shape index (κ1) is 18.1. The summed E-state index contributed by atoms with van der Waals surface area (Å²) in [5.41, 5.74) is 3.70. The normalized spacial score (nSPS) is 10.9. The predicted molar refractivity (Wildman–Crippen MR) is 104 cm³/mol. The van der Waals surface area contributed by atoms with Crippen LogP contribution in [-0.2, 0) is 4.79 Å². The van der Waals surface area contributed by atoms with E-state index in [-0.39, 0.29) is 16.9 Å². The lowest BCUT2D eigenvalue weighted by Crippen LogP contribution is -2.00. The van der Waals surface area contributed by atoms with Gasteiger partial charge in [0, 0.05) is 17.2 Å². The number of aromatic nitrogens is 1. The Balaban J connectivity index is 2.23. The first-order chi connectivity index (χ1) is 13.0. The van der Waals surface area contributed by atoms with E-state index in [0.29, 0.717) is 23.2 Å². The first-order valence-corrected chi connectivity index (χ1v) is 8.27. The molecule has 134 valence electrons. The molecule has 0 unspecified atom stereocenters. The lowest BCUT2D eigenvalue weighted by molar-refractivity contribution is -0.131. The van der Waals surface area contributed by atoms with Gasteiger partial charge in [0.15, 0.2) is 6.29 Å². The molecule has 1 aromatic heterocycles. The van der Waals surface area contributed by atoms with Crippen molar-refractivity contribution >= 4 is 18.3 Å². The summed E-state index contributed by atoms with van der Waals surface area (Å²) in [6.07, 6.45) is 2.71. The number of hydrogen-bond acceptors (Lipinski definition) is 4. The number of hydrogen-bond donors (Lipinski definition) is 2. The number of benzene rings is 2. The van der Waals surface area contributed by atoms with Gasteiger partial charge < -0.3 is 10.2 Å². The van der Waals surface area contributed by atoms with Crippen molar-refractivity contribution in [3.63, 3.8) is 0 Å². The van der Waals surface area contributed by atoms with Gasteiger partial charge in [0.25, 0.3) is 0 Å². The molecule has 0 radical (unpaired) electrons. The molecule has 0 aliphatic carbocycles. The predicted octanol–water partition coefficient (Wildman–Crippen LogP) is 4.34. The molecule has 0 saturated carbocycles. The third-order valence-corrected chi connectivity index (χ3v) is 4.18. The second kappa shape index (κ2) is 7.66. The number of nitrogens with zero attached hydrogens (tertiary/aromatic N) is 1. The topological polar surface area (TPSA) is 87.5 Å². The summed E-state index contributed by atoms with van der Waals surface area (Å²) < 4.78 is 0. The van der Waals surface area contributed by atoms with Gasteiger partial charge >= 0.3 is 5.97 Å². The van der Waals surface area contributed by atoms with Crippen LogP contribution < -0.4 is 0 Å². The van der Waals surface area contributed by atoms with E-state index in [2.05, 4.69) is 4.98 Å². The molecule has 0 bridgehead atoms. The molecule has 2 aromatic carbocycles. The zero-order valence-electron chi connectivity index (χ0n) is 14.6. The number of pyridine rings is 1. The summed E-state index contributed by atoms with van der Waals surface area (Å²) in [4.78, 5) is 26.9. The fraction of sp³-hybridized carbons (Fsp3) is 0.0455. The van der Waals surface area contributed by atoms with Crippen molar-refractivity contribution in [3.05, 3.63) is 77.5 Å². The monoisotopic (exact) mass is 359 g/mol. The number of carboxylic acids is 1. The highest BCUT2D eigenvalue weighted by atomic mass is 16.4. The maximum Gasteiger partial charge on any atom is 0.328 e. The Morgan fingerprint density at radius 2 is 1.63 bits per heavy atom. The van der Waals surface area contributed by atoms with Gasteiger partial charge in [0.1, 0.15) is 5.75 Å². The Hall–Kier alpha value is -3.73. The van der Waals surface area contributed by atoms with Gasteiger partial charge in [-0.05, 0) is 30.2 Å². The number of carboxylic acid groups (broad SMARTS) is 1. The second-order valence-electron chi connectivity index (χ2n) is 5.96. The van der Waals surface area contributed by atoms with Gasteiger partial charge in [0.05, 0.1) is 17.0 Å². The third-order valence-electron chi connectivity index (χ3n) is 4.18. The smallest absolute Gasteiger partial charge is 0.328 e. The number of carbonyl (C=O) groups excluding carboxylic acids is 1.